The third kappa shape index (κ3) is 4.11. The predicted molar refractivity (Wildman–Crippen MR) is 111 cm³/mol. The maximum Gasteiger partial charge on any atom is 0.229 e. The number of nitrogens with one attached hydrogen (secondary N) is 1. The van der Waals surface area contributed by atoms with Gasteiger partial charge in [0.05, 0.1) is 17.2 Å². The summed E-state index contributed by atoms with van der Waals surface area (Å²) in [7, 11) is 0. The Morgan fingerprint density at radius 3 is 2.50 bits per heavy atom. The molecule has 2 aromatic rings. The lowest BCUT2D eigenvalue weighted by molar-refractivity contribution is -0.151. The minimum atomic E-state index is -0.584. The molecule has 6 nitrogen and oxygen atoms in total. The molecule has 0 bridgehead atoms. The van der Waals surface area contributed by atoms with E-state index in [4.69, 9.17) is 0 Å². The summed E-state index contributed by atoms with van der Waals surface area (Å²) in [5, 5.41) is 7.13. The molecule has 1 aromatic carbocycles. The third-order valence-electron chi connectivity index (χ3n) is 6.72. The fourth-order valence-electron chi connectivity index (χ4n) is 4.96. The molecule has 1 atom stereocenters. The molecule has 30 heavy (non-hydrogen) atoms. The number of amides is 2. The van der Waals surface area contributed by atoms with Gasteiger partial charge in [-0.3, -0.25) is 14.7 Å². The van der Waals surface area contributed by atoms with Gasteiger partial charge in [0.25, 0.3) is 0 Å². The Morgan fingerprint density at radius 2 is 1.87 bits per heavy atom. The molecule has 2 saturated heterocycles. The van der Waals surface area contributed by atoms with Gasteiger partial charge in [-0.25, -0.2) is 4.39 Å². The van der Waals surface area contributed by atoms with Gasteiger partial charge >= 0.3 is 0 Å². The summed E-state index contributed by atoms with van der Waals surface area (Å²) in [6, 6.07) is 8.39. The molecule has 7 heteroatoms. The number of aromatic nitrogens is 2. The number of aromatic amines is 1. The van der Waals surface area contributed by atoms with Crippen LogP contribution in [0.1, 0.15) is 56.3 Å². The second kappa shape index (κ2) is 8.58. The summed E-state index contributed by atoms with van der Waals surface area (Å²) in [5.41, 5.74) is 1.34. The van der Waals surface area contributed by atoms with E-state index in [-0.39, 0.29) is 23.7 Å². The topological polar surface area (TPSA) is 69.3 Å². The Kier molecular flexibility index (Phi) is 5.88. The van der Waals surface area contributed by atoms with E-state index in [2.05, 4.69) is 10.2 Å². The smallest absolute Gasteiger partial charge is 0.229 e. The van der Waals surface area contributed by atoms with Crippen molar-refractivity contribution in [3.05, 3.63) is 53.6 Å². The first kappa shape index (κ1) is 20.6. The Labute approximate surface area is 176 Å². The number of rotatable bonds is 4. The molecule has 0 saturated carbocycles. The molecule has 0 spiro atoms. The molecule has 1 aromatic heterocycles. The van der Waals surface area contributed by atoms with Crippen LogP contribution in [0.3, 0.4) is 0 Å². The number of H-pyrrole nitrogens is 1. The van der Waals surface area contributed by atoms with Gasteiger partial charge in [-0.15, -0.1) is 0 Å². The van der Waals surface area contributed by atoms with Crippen molar-refractivity contribution in [3.63, 3.8) is 0 Å². The minimum Gasteiger partial charge on any atom is -0.343 e. The summed E-state index contributed by atoms with van der Waals surface area (Å²) in [6.45, 7) is 3.45. The van der Waals surface area contributed by atoms with Gasteiger partial charge in [-0.1, -0.05) is 12.1 Å². The number of carbonyl (C=O) groups excluding carboxylic acids is 2. The first-order valence-electron chi connectivity index (χ1n) is 10.8. The van der Waals surface area contributed by atoms with Crippen LogP contribution in [0.15, 0.2) is 36.5 Å². The van der Waals surface area contributed by atoms with E-state index in [0.29, 0.717) is 32.4 Å². The van der Waals surface area contributed by atoms with Crippen LogP contribution >= 0.6 is 0 Å². The number of hydrogen-bond donors (Lipinski definition) is 1. The molecule has 0 aliphatic carbocycles. The van der Waals surface area contributed by atoms with E-state index in [1.54, 1.807) is 25.3 Å². The zero-order chi connectivity index (χ0) is 21.1. The van der Waals surface area contributed by atoms with E-state index in [1.807, 2.05) is 15.9 Å². The molecule has 3 heterocycles. The van der Waals surface area contributed by atoms with Crippen LogP contribution in [0.25, 0.3) is 0 Å². The second-order valence-electron chi connectivity index (χ2n) is 8.61. The van der Waals surface area contributed by atoms with Gasteiger partial charge in [-0.05, 0) is 62.3 Å². The van der Waals surface area contributed by atoms with Crippen molar-refractivity contribution < 1.29 is 14.0 Å². The Morgan fingerprint density at radius 1 is 1.13 bits per heavy atom. The van der Waals surface area contributed by atoms with Gasteiger partial charge < -0.3 is 9.80 Å². The van der Waals surface area contributed by atoms with Crippen molar-refractivity contribution in [2.24, 2.45) is 5.41 Å². The number of halogens is 1. The van der Waals surface area contributed by atoms with E-state index in [9.17, 15) is 14.0 Å². The maximum absolute atomic E-state index is 14.0. The molecule has 0 unspecified atom stereocenters. The number of benzene rings is 1. The summed E-state index contributed by atoms with van der Waals surface area (Å²) >= 11 is 0. The molecule has 2 fully saturated rings. The third-order valence-corrected chi connectivity index (χ3v) is 6.72. The van der Waals surface area contributed by atoms with Crippen molar-refractivity contribution in [3.8, 4) is 0 Å². The highest BCUT2D eigenvalue weighted by atomic mass is 19.1. The molecular formula is C23H29FN4O2. The zero-order valence-corrected chi connectivity index (χ0v) is 17.4. The molecule has 2 aliphatic heterocycles. The van der Waals surface area contributed by atoms with Crippen molar-refractivity contribution in [1.82, 2.24) is 20.0 Å². The highest BCUT2D eigenvalue weighted by Crippen LogP contribution is 2.41. The minimum absolute atomic E-state index is 0.00433. The number of nitrogens with zero attached hydrogens (tertiary/aromatic N) is 3. The van der Waals surface area contributed by atoms with Gasteiger partial charge in [0.2, 0.25) is 11.8 Å². The maximum atomic E-state index is 14.0. The lowest BCUT2D eigenvalue weighted by Crippen LogP contribution is -2.53. The fraction of sp³-hybridized carbons (Fsp3) is 0.522. The largest absolute Gasteiger partial charge is 0.343 e. The predicted octanol–water partition coefficient (Wildman–Crippen LogP) is 3.47. The number of piperidine rings is 2. The van der Waals surface area contributed by atoms with E-state index >= 15 is 0 Å². The van der Waals surface area contributed by atoms with Crippen LogP contribution in [0.4, 0.5) is 4.39 Å². The lowest BCUT2D eigenvalue weighted by atomic mass is 9.72. The fourth-order valence-corrected chi connectivity index (χ4v) is 4.96. The standard InChI is InChI=1S/C23H29FN4O2/c1-17(29)27-14-10-23(11-15-27,16-18-5-7-19(24)8-6-18)22(30)28-13-3-2-4-21(28)20-9-12-25-26-20/h5-9,12,21H,2-4,10-11,13-16H2,1H3,(H,25,26)/t21-/m1/s1. The number of carbonyl (C=O) groups is 2. The average molecular weight is 413 g/mol. The van der Waals surface area contributed by atoms with Crippen molar-refractivity contribution in [1.29, 1.82) is 0 Å². The molecule has 1 N–H and O–H groups in total. The summed E-state index contributed by atoms with van der Waals surface area (Å²) in [6.07, 6.45) is 6.51. The average Bonchev–Trinajstić information content (AvgIpc) is 3.30. The van der Waals surface area contributed by atoms with Gasteiger partial charge in [0.15, 0.2) is 0 Å². The van der Waals surface area contributed by atoms with E-state index < -0.39 is 5.41 Å². The molecular weight excluding hydrogens is 383 g/mol. The lowest BCUT2D eigenvalue weighted by Gasteiger charge is -2.46. The Hall–Kier alpha value is -2.70. The zero-order valence-electron chi connectivity index (χ0n) is 17.4. The van der Waals surface area contributed by atoms with Crippen molar-refractivity contribution in [2.45, 2.75) is 51.5 Å². The van der Waals surface area contributed by atoms with Crippen LogP contribution in [-0.4, -0.2) is 51.4 Å². The molecule has 4 rings (SSSR count). The van der Waals surface area contributed by atoms with Gasteiger partial charge in [0, 0.05) is 32.8 Å². The summed E-state index contributed by atoms with van der Waals surface area (Å²) < 4.78 is 13.4. The normalized spacial score (nSPS) is 21.5. The van der Waals surface area contributed by atoms with Crippen LogP contribution in [-0.2, 0) is 16.0 Å². The van der Waals surface area contributed by atoms with E-state index in [0.717, 1.165) is 37.1 Å². The Balaban J connectivity index is 1.63. The molecule has 0 radical (unpaired) electrons. The van der Waals surface area contributed by atoms with Crippen LogP contribution in [0.5, 0.6) is 0 Å². The monoisotopic (exact) mass is 412 g/mol. The second-order valence-corrected chi connectivity index (χ2v) is 8.61. The first-order chi connectivity index (χ1) is 14.5. The van der Waals surface area contributed by atoms with Crippen molar-refractivity contribution in [2.75, 3.05) is 19.6 Å². The summed E-state index contributed by atoms with van der Waals surface area (Å²) in [5.74, 6) is -0.0821. The highest BCUT2D eigenvalue weighted by Gasteiger charge is 2.46. The van der Waals surface area contributed by atoms with Crippen LogP contribution < -0.4 is 0 Å². The number of likely N-dealkylation sites (tertiary alicyclic amines) is 2. The molecule has 160 valence electrons. The SMILES string of the molecule is CC(=O)N1CCC(Cc2ccc(F)cc2)(C(=O)N2CCCC[C@@H]2c2ccn[nH]2)CC1. The van der Waals surface area contributed by atoms with Gasteiger partial charge in [0.1, 0.15) is 5.82 Å². The van der Waals surface area contributed by atoms with E-state index in [1.165, 1.54) is 12.1 Å². The first-order valence-corrected chi connectivity index (χ1v) is 10.8. The van der Waals surface area contributed by atoms with Gasteiger partial charge in [-0.2, -0.15) is 5.10 Å². The highest BCUT2D eigenvalue weighted by molar-refractivity contribution is 5.84. The molecule has 2 amide bonds. The summed E-state index contributed by atoms with van der Waals surface area (Å²) in [4.78, 5) is 29.7. The van der Waals surface area contributed by atoms with Crippen LogP contribution in [0.2, 0.25) is 0 Å². The quantitative estimate of drug-likeness (QED) is 0.836. The van der Waals surface area contributed by atoms with Crippen LogP contribution in [0, 0.1) is 11.2 Å². The number of hydrogen-bond acceptors (Lipinski definition) is 3. The molecule has 2 aliphatic rings. The Bertz CT molecular complexity index is 873. The van der Waals surface area contributed by atoms with Crippen molar-refractivity contribution >= 4 is 11.8 Å².